The van der Waals surface area contributed by atoms with E-state index in [9.17, 15) is 0 Å². The fourth-order valence-corrected chi connectivity index (χ4v) is 3.02. The zero-order chi connectivity index (χ0) is 13.2. The van der Waals surface area contributed by atoms with Gasteiger partial charge in [0.15, 0.2) is 0 Å². The lowest BCUT2D eigenvalue weighted by molar-refractivity contribution is 0.534. The van der Waals surface area contributed by atoms with Crippen LogP contribution in [0.5, 0.6) is 0 Å². The third-order valence-corrected chi connectivity index (χ3v) is 4.19. The lowest BCUT2D eigenvalue weighted by Gasteiger charge is -2.18. The van der Waals surface area contributed by atoms with Crippen LogP contribution in [-0.4, -0.2) is 33.6 Å². The number of likely N-dealkylation sites (N-methyl/N-ethyl adjacent to an activating group) is 1. The molecule has 104 valence electrons. The Bertz CT molecular complexity index is 312. The highest BCUT2D eigenvalue weighted by Crippen LogP contribution is 2.10. The topological polar surface area (TPSA) is 29.9 Å². The summed E-state index contributed by atoms with van der Waals surface area (Å²) in [6.45, 7) is 8.74. The average molecular weight is 269 g/mol. The van der Waals surface area contributed by atoms with Gasteiger partial charge in [-0.1, -0.05) is 20.8 Å². The first-order valence-corrected chi connectivity index (χ1v) is 8.28. The molecule has 0 aliphatic carbocycles. The van der Waals surface area contributed by atoms with Gasteiger partial charge in [-0.2, -0.15) is 11.8 Å². The van der Waals surface area contributed by atoms with Gasteiger partial charge in [-0.25, -0.2) is 4.98 Å². The van der Waals surface area contributed by atoms with E-state index in [1.54, 1.807) is 0 Å². The highest BCUT2D eigenvalue weighted by atomic mass is 32.2. The Kier molecular flexibility index (Phi) is 8.18. The third kappa shape index (κ3) is 5.44. The first-order valence-electron chi connectivity index (χ1n) is 7.12. The van der Waals surface area contributed by atoms with Crippen molar-refractivity contribution in [2.45, 2.75) is 52.6 Å². The van der Waals surface area contributed by atoms with Crippen molar-refractivity contribution in [3.63, 3.8) is 0 Å². The van der Waals surface area contributed by atoms with E-state index >= 15 is 0 Å². The predicted octanol–water partition coefficient (Wildman–Crippen LogP) is 2.96. The van der Waals surface area contributed by atoms with Crippen molar-refractivity contribution in [2.24, 2.45) is 0 Å². The van der Waals surface area contributed by atoms with E-state index in [2.05, 4.69) is 41.8 Å². The Hall–Kier alpha value is -0.480. The van der Waals surface area contributed by atoms with Crippen LogP contribution in [0, 0.1) is 0 Å². The van der Waals surface area contributed by atoms with E-state index in [4.69, 9.17) is 0 Å². The van der Waals surface area contributed by atoms with E-state index in [0.29, 0.717) is 6.04 Å². The molecule has 4 heteroatoms. The number of rotatable bonds is 10. The lowest BCUT2D eigenvalue weighted by Crippen LogP contribution is -2.34. The first-order chi connectivity index (χ1) is 8.81. The summed E-state index contributed by atoms with van der Waals surface area (Å²) in [7, 11) is 0. The molecule has 0 saturated heterocycles. The second kappa shape index (κ2) is 9.45. The third-order valence-electron chi connectivity index (χ3n) is 2.86. The van der Waals surface area contributed by atoms with E-state index in [1.807, 2.05) is 18.0 Å². The Morgan fingerprint density at radius 2 is 2.17 bits per heavy atom. The van der Waals surface area contributed by atoms with Crippen LogP contribution in [-0.2, 0) is 13.0 Å². The van der Waals surface area contributed by atoms with Crippen molar-refractivity contribution in [2.75, 3.05) is 18.1 Å². The van der Waals surface area contributed by atoms with Gasteiger partial charge in [-0.05, 0) is 25.1 Å². The Labute approximate surface area is 116 Å². The van der Waals surface area contributed by atoms with Gasteiger partial charge >= 0.3 is 0 Å². The monoisotopic (exact) mass is 269 g/mol. The average Bonchev–Trinajstić information content (AvgIpc) is 2.78. The van der Waals surface area contributed by atoms with Crippen LogP contribution in [0.4, 0.5) is 0 Å². The van der Waals surface area contributed by atoms with Crippen LogP contribution in [0.2, 0.25) is 0 Å². The first kappa shape index (κ1) is 15.6. The van der Waals surface area contributed by atoms with Gasteiger partial charge in [-0.15, -0.1) is 0 Å². The molecule has 0 amide bonds. The predicted molar refractivity (Wildman–Crippen MR) is 81.3 cm³/mol. The Balaban J connectivity index is 2.50. The molecule has 3 nitrogen and oxygen atoms in total. The van der Waals surface area contributed by atoms with E-state index in [-0.39, 0.29) is 0 Å². The van der Waals surface area contributed by atoms with Crippen LogP contribution >= 0.6 is 11.8 Å². The van der Waals surface area contributed by atoms with E-state index < -0.39 is 0 Å². The number of nitrogens with zero attached hydrogens (tertiary/aromatic N) is 2. The maximum absolute atomic E-state index is 4.50. The minimum Gasteiger partial charge on any atom is -0.335 e. The summed E-state index contributed by atoms with van der Waals surface area (Å²) in [6.07, 6.45) is 7.49. The molecule has 1 rings (SSSR count). The fourth-order valence-electron chi connectivity index (χ4n) is 2.04. The Morgan fingerprint density at radius 1 is 1.33 bits per heavy atom. The highest BCUT2D eigenvalue weighted by Gasteiger charge is 2.12. The number of hydrogen-bond donors (Lipinski definition) is 1. The molecule has 0 aromatic carbocycles. The second-order valence-corrected chi connectivity index (χ2v) is 5.72. The molecule has 1 aromatic heterocycles. The molecule has 0 bridgehead atoms. The summed E-state index contributed by atoms with van der Waals surface area (Å²) in [5, 5.41) is 3.57. The summed E-state index contributed by atoms with van der Waals surface area (Å²) < 4.78 is 2.29. The van der Waals surface area contributed by atoms with Crippen molar-refractivity contribution < 1.29 is 0 Å². The normalized spacial score (nSPS) is 12.8. The van der Waals surface area contributed by atoms with Gasteiger partial charge in [0.2, 0.25) is 0 Å². The molecule has 0 spiro atoms. The van der Waals surface area contributed by atoms with Crippen molar-refractivity contribution >= 4 is 11.8 Å². The number of nitrogens with one attached hydrogen (secondary N) is 1. The maximum Gasteiger partial charge on any atom is 0.110 e. The zero-order valence-corrected chi connectivity index (χ0v) is 12.8. The number of aryl methyl sites for hydroxylation is 1. The largest absolute Gasteiger partial charge is 0.335 e. The molecular formula is C14H27N3S. The molecule has 18 heavy (non-hydrogen) atoms. The smallest absolute Gasteiger partial charge is 0.110 e. The van der Waals surface area contributed by atoms with Gasteiger partial charge in [0.1, 0.15) is 5.82 Å². The summed E-state index contributed by atoms with van der Waals surface area (Å²) in [5.41, 5.74) is 0. The van der Waals surface area contributed by atoms with Crippen molar-refractivity contribution in [1.82, 2.24) is 14.9 Å². The van der Waals surface area contributed by atoms with Crippen LogP contribution in [0.1, 0.15) is 39.4 Å². The van der Waals surface area contributed by atoms with Crippen LogP contribution in [0.3, 0.4) is 0 Å². The molecule has 0 aliphatic rings. The molecule has 0 fully saturated rings. The van der Waals surface area contributed by atoms with Crippen LogP contribution in [0.25, 0.3) is 0 Å². The van der Waals surface area contributed by atoms with Gasteiger partial charge in [0.05, 0.1) is 0 Å². The number of imidazole rings is 1. The zero-order valence-electron chi connectivity index (χ0n) is 12.0. The minimum atomic E-state index is 0.546. The number of hydrogen-bond acceptors (Lipinski definition) is 3. The Morgan fingerprint density at radius 3 is 2.83 bits per heavy atom. The minimum absolute atomic E-state index is 0.546. The molecule has 1 aromatic rings. The molecule has 1 N–H and O–H groups in total. The molecule has 1 unspecified atom stereocenters. The van der Waals surface area contributed by atoms with Gasteiger partial charge in [-0.3, -0.25) is 0 Å². The second-order valence-electron chi connectivity index (χ2n) is 4.57. The van der Waals surface area contributed by atoms with Crippen molar-refractivity contribution in [1.29, 1.82) is 0 Å². The van der Waals surface area contributed by atoms with Gasteiger partial charge in [0.25, 0.3) is 0 Å². The number of thioether (sulfide) groups is 1. The van der Waals surface area contributed by atoms with Gasteiger partial charge in [0, 0.05) is 37.2 Å². The summed E-state index contributed by atoms with van der Waals surface area (Å²) in [6, 6.07) is 0.546. The molecule has 1 heterocycles. The van der Waals surface area contributed by atoms with Gasteiger partial charge < -0.3 is 9.88 Å². The molecule has 0 radical (unpaired) electrons. The van der Waals surface area contributed by atoms with Crippen molar-refractivity contribution in [3.8, 4) is 0 Å². The van der Waals surface area contributed by atoms with Crippen molar-refractivity contribution in [3.05, 3.63) is 18.2 Å². The molecular weight excluding hydrogens is 242 g/mol. The summed E-state index contributed by atoms with van der Waals surface area (Å²) in [4.78, 5) is 4.50. The van der Waals surface area contributed by atoms with E-state index in [1.165, 1.54) is 30.2 Å². The molecule has 0 aliphatic heterocycles. The quantitative estimate of drug-likeness (QED) is 0.662. The fraction of sp³-hybridized carbons (Fsp3) is 0.786. The highest BCUT2D eigenvalue weighted by molar-refractivity contribution is 7.99. The number of aromatic nitrogens is 2. The van der Waals surface area contributed by atoms with Crippen LogP contribution < -0.4 is 5.32 Å². The SMILES string of the molecule is CCCSCC(Cc1nccn1CCC)NCC. The molecule has 1 atom stereocenters. The molecule has 0 saturated carbocycles. The standard InChI is InChI=1S/C14H27N3S/c1-4-8-17-9-7-16-14(17)11-13(15-6-3)12-18-10-5-2/h7,9,13,15H,4-6,8,10-12H2,1-3H3. The lowest BCUT2D eigenvalue weighted by atomic mass is 10.2. The summed E-state index contributed by atoms with van der Waals surface area (Å²) >= 11 is 2.04. The van der Waals surface area contributed by atoms with Crippen LogP contribution in [0.15, 0.2) is 12.4 Å². The summed E-state index contributed by atoms with van der Waals surface area (Å²) in [5.74, 6) is 3.66. The maximum atomic E-state index is 4.50. The van der Waals surface area contributed by atoms with E-state index in [0.717, 1.165) is 19.5 Å².